The third kappa shape index (κ3) is 1.11. The van der Waals surface area contributed by atoms with E-state index < -0.39 is 0 Å². The second kappa shape index (κ2) is 2.24. The van der Waals surface area contributed by atoms with Crippen molar-refractivity contribution >= 4 is 0 Å². The zero-order valence-electron chi connectivity index (χ0n) is 8.17. The minimum atomic E-state index is 1.04. The van der Waals surface area contributed by atoms with Crippen LogP contribution >= 0.6 is 0 Å². The van der Waals surface area contributed by atoms with E-state index in [1.54, 1.807) is 0 Å². The van der Waals surface area contributed by atoms with Crippen LogP contribution in [0.1, 0.15) is 34.1 Å². The van der Waals surface area contributed by atoms with Crippen LogP contribution in [0, 0.1) is 35.5 Å². The second-order valence-electron chi connectivity index (χ2n) is 5.00. The van der Waals surface area contributed by atoms with E-state index in [1.807, 2.05) is 0 Å². The molecule has 0 nitrogen and oxygen atoms in total. The first-order chi connectivity index (χ1) is 5.13. The first-order valence-corrected chi connectivity index (χ1v) is 5.13. The van der Waals surface area contributed by atoms with E-state index in [2.05, 4.69) is 27.7 Å². The molecule has 0 heteroatoms. The summed E-state index contributed by atoms with van der Waals surface area (Å²) in [5.74, 6) is 6.33. The van der Waals surface area contributed by atoms with Crippen LogP contribution in [0.2, 0.25) is 0 Å². The third-order valence-corrected chi connectivity index (χ3v) is 4.62. The van der Waals surface area contributed by atoms with Gasteiger partial charge in [0.1, 0.15) is 0 Å². The van der Waals surface area contributed by atoms with Gasteiger partial charge in [-0.05, 0) is 41.9 Å². The molecule has 0 aromatic rings. The smallest absolute Gasteiger partial charge is 0.0355 e. The summed E-state index contributed by atoms with van der Waals surface area (Å²) >= 11 is 0. The van der Waals surface area contributed by atoms with E-state index in [-0.39, 0.29) is 0 Å². The Kier molecular flexibility index (Phi) is 1.56. The fourth-order valence-corrected chi connectivity index (χ4v) is 2.70. The summed E-state index contributed by atoms with van der Waals surface area (Å²) in [6.45, 7) is 9.64. The molecule has 0 saturated heterocycles. The monoisotopic (exact) mass is 152 g/mol. The minimum absolute atomic E-state index is 1.04. The minimum Gasteiger partial charge on any atom is -0.0620 e. The van der Waals surface area contributed by atoms with Gasteiger partial charge in [-0.2, -0.15) is 0 Å². The summed E-state index contributed by atoms with van der Waals surface area (Å²) < 4.78 is 0. The normalized spacial score (nSPS) is 61.1. The Morgan fingerprint density at radius 3 is 1.09 bits per heavy atom. The molecule has 0 aromatic heterocycles. The molecule has 0 bridgehead atoms. The average Bonchev–Trinajstić information content (AvgIpc) is 2.72. The highest BCUT2D eigenvalue weighted by atomic mass is 14.6. The van der Waals surface area contributed by atoms with E-state index >= 15 is 0 Å². The molecule has 0 amide bonds. The Hall–Kier alpha value is 0. The Bertz CT molecular complexity index is 127. The molecule has 2 rings (SSSR count). The maximum atomic E-state index is 2.41. The van der Waals surface area contributed by atoms with Gasteiger partial charge in [-0.25, -0.2) is 0 Å². The predicted molar refractivity (Wildman–Crippen MR) is 48.3 cm³/mol. The van der Waals surface area contributed by atoms with Crippen molar-refractivity contribution in [2.24, 2.45) is 35.5 Å². The quantitative estimate of drug-likeness (QED) is 0.570. The van der Waals surface area contributed by atoms with Crippen LogP contribution in [0.25, 0.3) is 0 Å². The molecule has 0 N–H and O–H groups in total. The number of hydrogen-bond donors (Lipinski definition) is 0. The molecule has 2 aliphatic carbocycles. The first-order valence-electron chi connectivity index (χ1n) is 5.13. The molecule has 2 saturated carbocycles. The Morgan fingerprint density at radius 2 is 0.909 bits per heavy atom. The summed E-state index contributed by atoms with van der Waals surface area (Å²) in [6, 6.07) is 0. The number of rotatable bonds is 2. The largest absolute Gasteiger partial charge is 0.0620 e. The molecule has 0 aliphatic heterocycles. The van der Waals surface area contributed by atoms with Crippen molar-refractivity contribution in [3.05, 3.63) is 0 Å². The van der Waals surface area contributed by atoms with Crippen LogP contribution in [0.5, 0.6) is 0 Å². The highest BCUT2D eigenvalue weighted by molar-refractivity contribution is 4.99. The molecule has 0 spiro atoms. The lowest BCUT2D eigenvalue weighted by Gasteiger charge is -1.94. The molecule has 0 aromatic carbocycles. The maximum absolute atomic E-state index is 2.41. The van der Waals surface area contributed by atoms with Gasteiger partial charge in [0, 0.05) is 0 Å². The zero-order chi connectivity index (χ0) is 8.17. The SMILES string of the molecule is CC1C(C)C1CC1C(C)C1C. The van der Waals surface area contributed by atoms with Gasteiger partial charge in [0.25, 0.3) is 0 Å². The lowest BCUT2D eigenvalue weighted by Crippen LogP contribution is -1.85. The van der Waals surface area contributed by atoms with Crippen LogP contribution in [0.15, 0.2) is 0 Å². The summed E-state index contributed by atoms with van der Waals surface area (Å²) in [5, 5.41) is 0. The van der Waals surface area contributed by atoms with E-state index in [9.17, 15) is 0 Å². The highest BCUT2D eigenvalue weighted by Crippen LogP contribution is 2.57. The summed E-state index contributed by atoms with van der Waals surface area (Å²) in [5.41, 5.74) is 0. The third-order valence-electron chi connectivity index (χ3n) is 4.62. The molecule has 4 unspecified atom stereocenters. The van der Waals surface area contributed by atoms with E-state index in [1.165, 1.54) is 6.42 Å². The Morgan fingerprint density at radius 1 is 0.636 bits per heavy atom. The average molecular weight is 152 g/mol. The van der Waals surface area contributed by atoms with Crippen molar-refractivity contribution < 1.29 is 0 Å². The zero-order valence-corrected chi connectivity index (χ0v) is 8.17. The van der Waals surface area contributed by atoms with Gasteiger partial charge in [-0.1, -0.05) is 27.7 Å². The standard InChI is InChI=1S/C11H20/c1-6-7(2)10(6)5-11-8(3)9(11)4/h6-11H,5H2,1-4H3. The van der Waals surface area contributed by atoms with Crippen molar-refractivity contribution in [1.29, 1.82) is 0 Å². The predicted octanol–water partition coefficient (Wildman–Crippen LogP) is 3.18. The van der Waals surface area contributed by atoms with Crippen LogP contribution in [0.4, 0.5) is 0 Å². The molecule has 2 aliphatic rings. The van der Waals surface area contributed by atoms with Crippen molar-refractivity contribution in [2.45, 2.75) is 34.1 Å². The van der Waals surface area contributed by atoms with Crippen molar-refractivity contribution in [3.63, 3.8) is 0 Å². The van der Waals surface area contributed by atoms with Gasteiger partial charge in [0.15, 0.2) is 0 Å². The van der Waals surface area contributed by atoms with Crippen molar-refractivity contribution in [1.82, 2.24) is 0 Å². The molecule has 11 heavy (non-hydrogen) atoms. The molecule has 4 atom stereocenters. The Labute approximate surface area is 70.4 Å². The maximum Gasteiger partial charge on any atom is -0.0355 e. The van der Waals surface area contributed by atoms with Crippen LogP contribution in [0.3, 0.4) is 0 Å². The summed E-state index contributed by atoms with van der Waals surface area (Å²) in [7, 11) is 0. The van der Waals surface area contributed by atoms with Crippen LogP contribution in [-0.2, 0) is 0 Å². The van der Waals surface area contributed by atoms with Crippen LogP contribution in [-0.4, -0.2) is 0 Å². The highest BCUT2D eigenvalue weighted by Gasteiger charge is 2.50. The molecule has 0 radical (unpaired) electrons. The van der Waals surface area contributed by atoms with Gasteiger partial charge >= 0.3 is 0 Å². The van der Waals surface area contributed by atoms with E-state index in [0.717, 1.165) is 35.5 Å². The van der Waals surface area contributed by atoms with Gasteiger partial charge in [0.2, 0.25) is 0 Å². The molecule has 0 heterocycles. The Balaban J connectivity index is 1.77. The number of hydrogen-bond acceptors (Lipinski definition) is 0. The summed E-state index contributed by atoms with van der Waals surface area (Å²) in [4.78, 5) is 0. The van der Waals surface area contributed by atoms with Gasteiger partial charge in [-0.3, -0.25) is 0 Å². The van der Waals surface area contributed by atoms with Gasteiger partial charge in [0.05, 0.1) is 0 Å². The fraction of sp³-hybridized carbons (Fsp3) is 1.00. The van der Waals surface area contributed by atoms with Gasteiger partial charge in [-0.15, -0.1) is 0 Å². The topological polar surface area (TPSA) is 0 Å². The van der Waals surface area contributed by atoms with Crippen molar-refractivity contribution in [3.8, 4) is 0 Å². The molecule has 2 fully saturated rings. The molecular formula is C11H20. The first kappa shape index (κ1) is 7.64. The van der Waals surface area contributed by atoms with Gasteiger partial charge < -0.3 is 0 Å². The lowest BCUT2D eigenvalue weighted by molar-refractivity contribution is 0.559. The van der Waals surface area contributed by atoms with E-state index in [4.69, 9.17) is 0 Å². The molecular weight excluding hydrogens is 132 g/mol. The fourth-order valence-electron chi connectivity index (χ4n) is 2.70. The van der Waals surface area contributed by atoms with E-state index in [0.29, 0.717) is 0 Å². The van der Waals surface area contributed by atoms with Crippen molar-refractivity contribution in [2.75, 3.05) is 0 Å². The lowest BCUT2D eigenvalue weighted by atomic mass is 10.1. The summed E-state index contributed by atoms with van der Waals surface area (Å²) in [6.07, 6.45) is 1.53. The van der Waals surface area contributed by atoms with Crippen LogP contribution < -0.4 is 0 Å². The second-order valence-corrected chi connectivity index (χ2v) is 5.00. The molecule has 64 valence electrons.